The molecule has 1 rings (SSSR count). The standard InChI is InChI=1S/C13H26N2O/c1-3-9-14-10-13(16)15-12-8-6-4-5-7-11(12)2/h11-12,14H,3-10H2,1-2H3,(H,15,16). The molecule has 0 aromatic carbocycles. The summed E-state index contributed by atoms with van der Waals surface area (Å²) < 4.78 is 0. The van der Waals surface area contributed by atoms with E-state index in [9.17, 15) is 4.79 Å². The summed E-state index contributed by atoms with van der Waals surface area (Å²) in [4.78, 5) is 11.7. The topological polar surface area (TPSA) is 41.1 Å². The zero-order valence-corrected chi connectivity index (χ0v) is 10.7. The largest absolute Gasteiger partial charge is 0.352 e. The molecule has 1 aliphatic rings. The summed E-state index contributed by atoms with van der Waals surface area (Å²) in [5, 5.41) is 6.31. The van der Waals surface area contributed by atoms with Crippen LogP contribution in [-0.2, 0) is 4.79 Å². The summed E-state index contributed by atoms with van der Waals surface area (Å²) in [7, 11) is 0. The maximum atomic E-state index is 11.7. The normalized spacial score (nSPS) is 26.1. The minimum Gasteiger partial charge on any atom is -0.352 e. The third-order valence-corrected chi connectivity index (χ3v) is 3.42. The van der Waals surface area contributed by atoms with Gasteiger partial charge in [0.1, 0.15) is 0 Å². The molecular formula is C13H26N2O. The predicted octanol–water partition coefficient (Wildman–Crippen LogP) is 2.07. The van der Waals surface area contributed by atoms with Crippen molar-refractivity contribution in [2.45, 2.75) is 58.4 Å². The number of hydrogen-bond donors (Lipinski definition) is 2. The average Bonchev–Trinajstić information content (AvgIpc) is 2.45. The molecule has 0 saturated heterocycles. The second kappa shape index (κ2) is 7.66. The van der Waals surface area contributed by atoms with Gasteiger partial charge >= 0.3 is 0 Å². The van der Waals surface area contributed by atoms with Gasteiger partial charge < -0.3 is 10.6 Å². The van der Waals surface area contributed by atoms with E-state index in [-0.39, 0.29) is 5.91 Å². The summed E-state index contributed by atoms with van der Waals surface area (Å²) in [5.41, 5.74) is 0. The van der Waals surface area contributed by atoms with Gasteiger partial charge in [-0.2, -0.15) is 0 Å². The first-order valence-electron chi connectivity index (χ1n) is 6.74. The molecule has 0 aromatic heterocycles. The number of carbonyl (C=O) groups excluding carboxylic acids is 1. The summed E-state index contributed by atoms with van der Waals surface area (Å²) >= 11 is 0. The van der Waals surface area contributed by atoms with Crippen molar-refractivity contribution in [3.63, 3.8) is 0 Å². The van der Waals surface area contributed by atoms with Crippen molar-refractivity contribution in [1.82, 2.24) is 10.6 Å². The molecule has 16 heavy (non-hydrogen) atoms. The van der Waals surface area contributed by atoms with Crippen molar-refractivity contribution in [1.29, 1.82) is 0 Å². The van der Waals surface area contributed by atoms with Crippen LogP contribution in [0.1, 0.15) is 52.4 Å². The number of nitrogens with one attached hydrogen (secondary N) is 2. The lowest BCUT2D eigenvalue weighted by Gasteiger charge is -2.22. The molecule has 0 radical (unpaired) electrons. The molecule has 0 bridgehead atoms. The van der Waals surface area contributed by atoms with Gasteiger partial charge in [-0.25, -0.2) is 0 Å². The highest BCUT2D eigenvalue weighted by Crippen LogP contribution is 2.22. The van der Waals surface area contributed by atoms with Crippen LogP contribution in [0.25, 0.3) is 0 Å². The molecule has 2 atom stereocenters. The van der Waals surface area contributed by atoms with E-state index in [0.717, 1.165) is 19.4 Å². The lowest BCUT2D eigenvalue weighted by atomic mass is 9.97. The van der Waals surface area contributed by atoms with Gasteiger partial charge in [-0.15, -0.1) is 0 Å². The van der Waals surface area contributed by atoms with E-state index < -0.39 is 0 Å². The van der Waals surface area contributed by atoms with E-state index in [4.69, 9.17) is 0 Å². The fraction of sp³-hybridized carbons (Fsp3) is 0.923. The van der Waals surface area contributed by atoms with Gasteiger partial charge in [-0.05, 0) is 31.7 Å². The molecular weight excluding hydrogens is 200 g/mol. The van der Waals surface area contributed by atoms with Crippen molar-refractivity contribution in [3.05, 3.63) is 0 Å². The van der Waals surface area contributed by atoms with E-state index in [2.05, 4.69) is 24.5 Å². The van der Waals surface area contributed by atoms with Gasteiger partial charge in [-0.1, -0.05) is 33.1 Å². The fourth-order valence-electron chi connectivity index (χ4n) is 2.34. The van der Waals surface area contributed by atoms with Gasteiger partial charge in [0, 0.05) is 6.04 Å². The fourth-order valence-corrected chi connectivity index (χ4v) is 2.34. The second-order valence-corrected chi connectivity index (χ2v) is 4.97. The quantitative estimate of drug-likeness (QED) is 0.556. The Morgan fingerprint density at radius 1 is 1.25 bits per heavy atom. The first-order valence-corrected chi connectivity index (χ1v) is 6.74. The van der Waals surface area contributed by atoms with Gasteiger partial charge in [0.25, 0.3) is 0 Å². The minimum absolute atomic E-state index is 0.159. The van der Waals surface area contributed by atoms with Crippen LogP contribution in [-0.4, -0.2) is 25.0 Å². The maximum absolute atomic E-state index is 11.7. The van der Waals surface area contributed by atoms with Crippen LogP contribution in [0, 0.1) is 5.92 Å². The number of rotatable bonds is 5. The Morgan fingerprint density at radius 2 is 2.00 bits per heavy atom. The Hall–Kier alpha value is -0.570. The van der Waals surface area contributed by atoms with E-state index in [1.54, 1.807) is 0 Å². The Morgan fingerprint density at radius 3 is 2.75 bits per heavy atom. The third-order valence-electron chi connectivity index (χ3n) is 3.42. The van der Waals surface area contributed by atoms with E-state index in [0.29, 0.717) is 18.5 Å². The van der Waals surface area contributed by atoms with Crippen LogP contribution in [0.15, 0.2) is 0 Å². The lowest BCUT2D eigenvalue weighted by molar-refractivity contribution is -0.121. The minimum atomic E-state index is 0.159. The molecule has 0 aliphatic heterocycles. The maximum Gasteiger partial charge on any atom is 0.234 e. The van der Waals surface area contributed by atoms with Crippen molar-refractivity contribution in [2.24, 2.45) is 5.92 Å². The summed E-state index contributed by atoms with van der Waals surface area (Å²) in [6, 6.07) is 0.401. The Labute approximate surface area is 99.4 Å². The SMILES string of the molecule is CCCNCC(=O)NC1CCCCCC1C. The molecule has 1 fully saturated rings. The molecule has 3 heteroatoms. The molecule has 0 heterocycles. The molecule has 1 saturated carbocycles. The van der Waals surface area contributed by atoms with Crippen molar-refractivity contribution >= 4 is 5.91 Å². The smallest absolute Gasteiger partial charge is 0.234 e. The van der Waals surface area contributed by atoms with Crippen molar-refractivity contribution in [3.8, 4) is 0 Å². The highest BCUT2D eigenvalue weighted by Gasteiger charge is 2.20. The first-order chi connectivity index (χ1) is 7.74. The Kier molecular flexibility index (Phi) is 6.46. The van der Waals surface area contributed by atoms with Gasteiger partial charge in [-0.3, -0.25) is 4.79 Å². The number of hydrogen-bond acceptors (Lipinski definition) is 2. The average molecular weight is 226 g/mol. The molecule has 0 spiro atoms. The van der Waals surface area contributed by atoms with Gasteiger partial charge in [0.05, 0.1) is 6.54 Å². The van der Waals surface area contributed by atoms with Crippen LogP contribution in [0.5, 0.6) is 0 Å². The van der Waals surface area contributed by atoms with Crippen molar-refractivity contribution < 1.29 is 4.79 Å². The molecule has 94 valence electrons. The second-order valence-electron chi connectivity index (χ2n) is 4.97. The van der Waals surface area contributed by atoms with Crippen LogP contribution in [0.2, 0.25) is 0 Å². The molecule has 2 unspecified atom stereocenters. The van der Waals surface area contributed by atoms with Gasteiger partial charge in [0.2, 0.25) is 5.91 Å². The van der Waals surface area contributed by atoms with Crippen LogP contribution >= 0.6 is 0 Å². The highest BCUT2D eigenvalue weighted by atomic mass is 16.1. The van der Waals surface area contributed by atoms with Crippen LogP contribution in [0.4, 0.5) is 0 Å². The molecule has 1 amide bonds. The van der Waals surface area contributed by atoms with Crippen LogP contribution < -0.4 is 10.6 Å². The van der Waals surface area contributed by atoms with Crippen LogP contribution in [0.3, 0.4) is 0 Å². The number of carbonyl (C=O) groups is 1. The molecule has 2 N–H and O–H groups in total. The summed E-state index contributed by atoms with van der Waals surface area (Å²) in [6.45, 7) is 5.76. The highest BCUT2D eigenvalue weighted by molar-refractivity contribution is 5.78. The Balaban J connectivity index is 2.25. The first kappa shape index (κ1) is 13.5. The third kappa shape index (κ3) is 4.97. The zero-order valence-electron chi connectivity index (χ0n) is 10.7. The summed E-state index contributed by atoms with van der Waals surface area (Å²) in [6.07, 6.45) is 7.39. The number of amides is 1. The monoisotopic (exact) mass is 226 g/mol. The Bertz CT molecular complexity index is 206. The van der Waals surface area contributed by atoms with Crippen molar-refractivity contribution in [2.75, 3.05) is 13.1 Å². The lowest BCUT2D eigenvalue weighted by Crippen LogP contribution is -2.43. The molecule has 3 nitrogen and oxygen atoms in total. The summed E-state index contributed by atoms with van der Waals surface area (Å²) in [5.74, 6) is 0.796. The van der Waals surface area contributed by atoms with E-state index >= 15 is 0 Å². The van der Waals surface area contributed by atoms with E-state index in [1.165, 1.54) is 25.7 Å². The zero-order chi connectivity index (χ0) is 11.8. The molecule has 1 aliphatic carbocycles. The molecule has 0 aromatic rings. The predicted molar refractivity (Wildman–Crippen MR) is 67.3 cm³/mol. The van der Waals surface area contributed by atoms with E-state index in [1.807, 2.05) is 0 Å². The van der Waals surface area contributed by atoms with Gasteiger partial charge in [0.15, 0.2) is 0 Å².